The Morgan fingerprint density at radius 3 is 2.26 bits per heavy atom. The number of carbonyl (C=O) groups is 4. The molecule has 2 atom stereocenters. The van der Waals surface area contributed by atoms with Crippen LogP contribution in [0.4, 0.5) is 4.79 Å². The van der Waals surface area contributed by atoms with Gasteiger partial charge >= 0.3 is 6.09 Å². The van der Waals surface area contributed by atoms with E-state index in [-0.39, 0.29) is 6.42 Å². The number of nitrogens with one attached hydrogen (secondary N) is 4. The highest BCUT2D eigenvalue weighted by Crippen LogP contribution is 2.18. The summed E-state index contributed by atoms with van der Waals surface area (Å²) in [7, 11) is 0. The summed E-state index contributed by atoms with van der Waals surface area (Å²) in [4.78, 5) is 49.7. The van der Waals surface area contributed by atoms with Gasteiger partial charge in [0.25, 0.3) is 0 Å². The van der Waals surface area contributed by atoms with Crippen LogP contribution in [0.5, 0.6) is 0 Å². The van der Waals surface area contributed by atoms with Gasteiger partial charge in [-0.05, 0) is 51.0 Å². The number of ether oxygens (including phenoxy) is 1. The van der Waals surface area contributed by atoms with Crippen LogP contribution in [0.2, 0.25) is 0 Å². The topological polar surface area (TPSA) is 126 Å². The Kier molecular flexibility index (Phi) is 9.41. The normalized spacial score (nSPS) is 12.9. The van der Waals surface area contributed by atoms with Gasteiger partial charge in [-0.2, -0.15) is 0 Å². The molecule has 34 heavy (non-hydrogen) atoms. The van der Waals surface area contributed by atoms with E-state index in [4.69, 9.17) is 4.74 Å². The lowest BCUT2D eigenvalue weighted by Gasteiger charge is -2.24. The molecule has 2 unspecified atom stereocenters. The van der Waals surface area contributed by atoms with E-state index in [1.807, 2.05) is 42.5 Å². The number of rotatable bonds is 9. The van der Waals surface area contributed by atoms with Crippen LogP contribution < -0.4 is 21.3 Å². The average molecular weight is 471 g/mol. The summed E-state index contributed by atoms with van der Waals surface area (Å²) >= 11 is 0. The molecule has 0 saturated carbocycles. The number of hydrogen-bond donors (Lipinski definition) is 4. The average Bonchev–Trinajstić information content (AvgIpc) is 2.75. The van der Waals surface area contributed by atoms with Crippen molar-refractivity contribution in [3.05, 3.63) is 48.0 Å². The second-order valence-electron chi connectivity index (χ2n) is 8.94. The summed E-state index contributed by atoms with van der Waals surface area (Å²) < 4.78 is 5.19. The predicted octanol–water partition coefficient (Wildman–Crippen LogP) is 2.38. The van der Waals surface area contributed by atoms with Gasteiger partial charge in [0.1, 0.15) is 17.7 Å². The molecule has 0 radical (unpaired) electrons. The highest BCUT2D eigenvalue weighted by molar-refractivity contribution is 5.94. The van der Waals surface area contributed by atoms with Gasteiger partial charge in [0.05, 0.1) is 6.42 Å². The van der Waals surface area contributed by atoms with E-state index in [0.29, 0.717) is 13.1 Å². The number of carbonyl (C=O) groups excluding carboxylic acids is 4. The van der Waals surface area contributed by atoms with E-state index in [0.717, 1.165) is 16.3 Å². The highest BCUT2D eigenvalue weighted by atomic mass is 16.6. The van der Waals surface area contributed by atoms with Crippen molar-refractivity contribution >= 4 is 34.6 Å². The van der Waals surface area contributed by atoms with Crippen LogP contribution in [0.1, 0.15) is 46.6 Å². The number of hydrogen-bond acceptors (Lipinski definition) is 5. The molecule has 0 aliphatic heterocycles. The van der Waals surface area contributed by atoms with E-state index < -0.39 is 41.5 Å². The molecule has 4 N–H and O–H groups in total. The molecular formula is C25H34N4O5. The lowest BCUT2D eigenvalue weighted by Crippen LogP contribution is -2.54. The molecule has 9 heteroatoms. The number of fused-ring (bicyclic) bond motifs is 1. The molecule has 0 bridgehead atoms. The molecule has 0 aliphatic carbocycles. The van der Waals surface area contributed by atoms with Gasteiger partial charge in [-0.25, -0.2) is 4.79 Å². The lowest BCUT2D eigenvalue weighted by atomic mass is 10.0. The van der Waals surface area contributed by atoms with Crippen molar-refractivity contribution in [2.75, 3.05) is 6.54 Å². The Labute approximate surface area is 200 Å². The van der Waals surface area contributed by atoms with Crippen molar-refractivity contribution in [1.82, 2.24) is 21.3 Å². The van der Waals surface area contributed by atoms with Crippen molar-refractivity contribution in [3.8, 4) is 0 Å². The highest BCUT2D eigenvalue weighted by Gasteiger charge is 2.28. The molecule has 0 heterocycles. The van der Waals surface area contributed by atoms with Crippen molar-refractivity contribution in [1.29, 1.82) is 0 Å². The first kappa shape index (κ1) is 26.6. The largest absolute Gasteiger partial charge is 0.444 e. The maximum absolute atomic E-state index is 12.8. The molecule has 2 rings (SSSR count). The van der Waals surface area contributed by atoms with E-state index in [9.17, 15) is 19.2 Å². The maximum atomic E-state index is 12.8. The van der Waals surface area contributed by atoms with E-state index in [1.165, 1.54) is 6.92 Å². The molecule has 0 fully saturated rings. The summed E-state index contributed by atoms with van der Waals surface area (Å²) in [5.41, 5.74) is 0.177. The molecule has 0 saturated heterocycles. The molecule has 0 spiro atoms. The third kappa shape index (κ3) is 8.38. The quantitative estimate of drug-likeness (QED) is 0.448. The van der Waals surface area contributed by atoms with Gasteiger partial charge < -0.3 is 26.0 Å². The maximum Gasteiger partial charge on any atom is 0.408 e. The zero-order valence-corrected chi connectivity index (χ0v) is 20.4. The molecule has 2 aromatic rings. The van der Waals surface area contributed by atoms with Crippen molar-refractivity contribution in [2.45, 2.75) is 65.3 Å². The third-order valence-electron chi connectivity index (χ3n) is 4.86. The van der Waals surface area contributed by atoms with Crippen LogP contribution in [0, 0.1) is 0 Å². The molecule has 4 amide bonds. The zero-order valence-electron chi connectivity index (χ0n) is 20.4. The molecule has 0 aliphatic rings. The first-order valence-corrected chi connectivity index (χ1v) is 11.3. The standard InChI is InChI=1S/C25H34N4O5/c1-6-26-21(30)14-20(29-24(33)34-25(3,4)5)23(32)28-16(2)22(31)27-15-18-12-9-11-17-10-7-8-13-19(17)18/h7-13,16,20H,6,14-15H2,1-5H3,(H,26,30)(H,27,31)(H,28,32)(H,29,33). The van der Waals surface area contributed by atoms with Crippen molar-refractivity contribution < 1.29 is 23.9 Å². The Morgan fingerprint density at radius 1 is 0.912 bits per heavy atom. The minimum Gasteiger partial charge on any atom is -0.444 e. The number of amides is 4. The number of alkyl carbamates (subject to hydrolysis) is 1. The summed E-state index contributed by atoms with van der Waals surface area (Å²) in [6.45, 7) is 9.02. The smallest absolute Gasteiger partial charge is 0.408 e. The fraction of sp³-hybridized carbons (Fsp3) is 0.440. The lowest BCUT2D eigenvalue weighted by molar-refractivity contribution is -0.131. The fourth-order valence-corrected chi connectivity index (χ4v) is 3.28. The van der Waals surface area contributed by atoms with Gasteiger partial charge in [-0.15, -0.1) is 0 Å². The fourth-order valence-electron chi connectivity index (χ4n) is 3.28. The Hall–Kier alpha value is -3.62. The van der Waals surface area contributed by atoms with Gasteiger partial charge in [0, 0.05) is 13.1 Å². The van der Waals surface area contributed by atoms with Crippen LogP contribution in [0.15, 0.2) is 42.5 Å². The van der Waals surface area contributed by atoms with Crippen molar-refractivity contribution in [3.63, 3.8) is 0 Å². The zero-order chi connectivity index (χ0) is 25.3. The van der Waals surface area contributed by atoms with Crippen molar-refractivity contribution in [2.24, 2.45) is 0 Å². The minimum atomic E-state index is -1.20. The SMILES string of the molecule is CCNC(=O)CC(NC(=O)OC(C)(C)C)C(=O)NC(C)C(=O)NCc1cccc2ccccc12. The summed E-state index contributed by atoms with van der Waals surface area (Å²) in [6.07, 6.45) is -1.12. The second kappa shape index (κ2) is 12.0. The first-order valence-electron chi connectivity index (χ1n) is 11.3. The van der Waals surface area contributed by atoms with E-state index >= 15 is 0 Å². The van der Waals surface area contributed by atoms with Crippen LogP contribution in [-0.4, -0.2) is 48.0 Å². The summed E-state index contributed by atoms with van der Waals surface area (Å²) in [6, 6.07) is 11.6. The minimum absolute atomic E-state index is 0.288. The summed E-state index contributed by atoms with van der Waals surface area (Å²) in [5, 5.41) is 12.5. The van der Waals surface area contributed by atoms with Gasteiger partial charge in [0.2, 0.25) is 17.7 Å². The first-order chi connectivity index (χ1) is 16.0. The molecule has 184 valence electrons. The molecule has 9 nitrogen and oxygen atoms in total. The van der Waals surface area contributed by atoms with Gasteiger partial charge in [-0.3, -0.25) is 14.4 Å². The molecule has 0 aromatic heterocycles. The third-order valence-corrected chi connectivity index (χ3v) is 4.86. The molecule has 2 aromatic carbocycles. The molecular weight excluding hydrogens is 436 g/mol. The Morgan fingerprint density at radius 2 is 1.59 bits per heavy atom. The summed E-state index contributed by atoms with van der Waals surface area (Å²) in [5.74, 6) is -1.47. The number of benzene rings is 2. The predicted molar refractivity (Wildman–Crippen MR) is 130 cm³/mol. The van der Waals surface area contributed by atoms with Crippen LogP contribution >= 0.6 is 0 Å². The van der Waals surface area contributed by atoms with E-state index in [1.54, 1.807) is 27.7 Å². The van der Waals surface area contributed by atoms with E-state index in [2.05, 4.69) is 21.3 Å². The van der Waals surface area contributed by atoms with Gasteiger partial charge in [0.15, 0.2) is 0 Å². The van der Waals surface area contributed by atoms with Gasteiger partial charge in [-0.1, -0.05) is 42.5 Å². The van der Waals surface area contributed by atoms with Crippen LogP contribution in [0.25, 0.3) is 10.8 Å². The van der Waals surface area contributed by atoms with Crippen LogP contribution in [0.3, 0.4) is 0 Å². The second-order valence-corrected chi connectivity index (χ2v) is 8.94. The Balaban J connectivity index is 2.00. The van der Waals surface area contributed by atoms with Crippen LogP contribution in [-0.2, 0) is 25.7 Å². The Bertz CT molecular complexity index is 1030. The monoisotopic (exact) mass is 470 g/mol.